The number of rotatable bonds is 10. The maximum absolute atomic E-state index is 12.7. The molecule has 0 saturated heterocycles. The molecule has 0 heterocycles. The lowest BCUT2D eigenvalue weighted by Gasteiger charge is -2.25. The number of amides is 2. The lowest BCUT2D eigenvalue weighted by molar-refractivity contribution is -0.143. The van der Waals surface area contributed by atoms with Gasteiger partial charge in [-0.15, -0.1) is 0 Å². The summed E-state index contributed by atoms with van der Waals surface area (Å²) in [5, 5.41) is 20.8. The number of carboxylic acids is 2. The zero-order chi connectivity index (χ0) is 21.4. The van der Waals surface area contributed by atoms with Crippen molar-refractivity contribution in [1.29, 1.82) is 0 Å². The van der Waals surface area contributed by atoms with Crippen LogP contribution in [0, 0.1) is 5.92 Å². The SMILES string of the molecule is [2H]N(C(=O)[C@@H](C)c1ccccc1)[C@H](C(=O)N[C@@H](CCC(=O)O)C(=O)O)C(C)C. The molecule has 1 rings (SSSR count). The highest BCUT2D eigenvalue weighted by molar-refractivity contribution is 5.92. The number of carbonyl (C=O) groups excluding carboxylic acids is 2. The molecule has 0 saturated carbocycles. The van der Waals surface area contributed by atoms with Gasteiger partial charge in [-0.1, -0.05) is 44.2 Å². The van der Waals surface area contributed by atoms with Crippen LogP contribution >= 0.6 is 0 Å². The minimum atomic E-state index is -1.42. The molecule has 1 aromatic carbocycles. The summed E-state index contributed by atoms with van der Waals surface area (Å²) in [5.41, 5.74) is 0.692. The van der Waals surface area contributed by atoms with Gasteiger partial charge in [-0.3, -0.25) is 14.4 Å². The van der Waals surface area contributed by atoms with Crippen molar-refractivity contribution in [3.05, 3.63) is 35.9 Å². The van der Waals surface area contributed by atoms with Gasteiger partial charge in [0.05, 0.1) is 5.92 Å². The topological polar surface area (TPSA) is 133 Å². The number of hydrogen-bond acceptors (Lipinski definition) is 4. The van der Waals surface area contributed by atoms with E-state index in [9.17, 15) is 24.3 Å². The molecular formula is C19H26N2O6. The van der Waals surface area contributed by atoms with E-state index in [1.54, 1.807) is 51.1 Å². The summed E-state index contributed by atoms with van der Waals surface area (Å²) in [7, 11) is 0. The lowest BCUT2D eigenvalue weighted by Crippen LogP contribution is -2.54. The third kappa shape index (κ3) is 7.08. The van der Waals surface area contributed by atoms with Crippen LogP contribution in [-0.4, -0.2) is 46.0 Å². The second-order valence-electron chi connectivity index (χ2n) is 6.62. The van der Waals surface area contributed by atoms with Gasteiger partial charge < -0.3 is 20.8 Å². The Morgan fingerprint density at radius 3 is 2.11 bits per heavy atom. The molecule has 0 bridgehead atoms. The van der Waals surface area contributed by atoms with E-state index < -0.39 is 54.1 Å². The molecule has 0 radical (unpaired) electrons. The second kappa shape index (κ2) is 10.3. The molecule has 0 aliphatic carbocycles. The van der Waals surface area contributed by atoms with E-state index in [-0.39, 0.29) is 6.42 Å². The predicted octanol–water partition coefficient (Wildman–Crippen LogP) is 1.37. The normalized spacial score (nSPS) is 14.6. The fourth-order valence-corrected chi connectivity index (χ4v) is 2.43. The zero-order valence-electron chi connectivity index (χ0n) is 16.6. The average molecular weight is 379 g/mol. The standard InChI is InChI=1S/C19H26N2O6/c1-11(2)16(18(25)20-14(19(26)27)9-10-15(22)23)21-17(24)12(3)13-7-5-4-6-8-13/h4-8,11-12,14,16H,9-10H2,1-3H3,(H,20,25)(H,21,24)(H,22,23)(H,26,27)/t12-,14-,16-/m0/s1/i/hD. The number of nitrogens with one attached hydrogen (secondary N) is 2. The van der Waals surface area contributed by atoms with Crippen molar-refractivity contribution >= 4 is 23.8 Å². The Balaban J connectivity index is 2.94. The van der Waals surface area contributed by atoms with Crippen LogP contribution in [0.4, 0.5) is 0 Å². The monoisotopic (exact) mass is 379 g/mol. The summed E-state index contributed by atoms with van der Waals surface area (Å²) in [4.78, 5) is 47.3. The minimum absolute atomic E-state index is 0.298. The maximum Gasteiger partial charge on any atom is 0.326 e. The number of carbonyl (C=O) groups is 4. The Bertz CT molecular complexity index is 710. The van der Waals surface area contributed by atoms with Gasteiger partial charge in [0.15, 0.2) is 1.41 Å². The van der Waals surface area contributed by atoms with Gasteiger partial charge in [0.2, 0.25) is 11.8 Å². The van der Waals surface area contributed by atoms with Crippen LogP contribution in [-0.2, 0) is 19.2 Å². The van der Waals surface area contributed by atoms with Crippen molar-refractivity contribution in [3.8, 4) is 0 Å². The lowest BCUT2D eigenvalue weighted by atomic mass is 9.97. The van der Waals surface area contributed by atoms with Crippen LogP contribution in [0.5, 0.6) is 0 Å². The molecule has 8 nitrogen and oxygen atoms in total. The van der Waals surface area contributed by atoms with Crippen molar-refractivity contribution < 1.29 is 30.8 Å². The molecule has 0 spiro atoms. The molecule has 1 aromatic rings. The highest BCUT2D eigenvalue weighted by Gasteiger charge is 2.30. The van der Waals surface area contributed by atoms with Gasteiger partial charge in [0.25, 0.3) is 0 Å². The van der Waals surface area contributed by atoms with E-state index in [2.05, 4.69) is 5.32 Å². The molecule has 0 unspecified atom stereocenters. The Labute approximate surface area is 159 Å². The second-order valence-corrected chi connectivity index (χ2v) is 6.62. The van der Waals surface area contributed by atoms with E-state index in [4.69, 9.17) is 6.52 Å². The van der Waals surface area contributed by atoms with E-state index in [1.165, 1.54) is 0 Å². The van der Waals surface area contributed by atoms with E-state index >= 15 is 0 Å². The summed E-state index contributed by atoms with van der Waals surface area (Å²) in [6.45, 7) is 4.90. The first kappa shape index (κ1) is 20.4. The molecule has 0 aromatic heterocycles. The van der Waals surface area contributed by atoms with Gasteiger partial charge in [-0.2, -0.15) is 0 Å². The third-order valence-corrected chi connectivity index (χ3v) is 4.10. The number of aliphatic carboxylic acids is 2. The van der Waals surface area contributed by atoms with Gasteiger partial charge >= 0.3 is 11.9 Å². The van der Waals surface area contributed by atoms with Crippen LogP contribution in [0.25, 0.3) is 0 Å². The zero-order valence-corrected chi connectivity index (χ0v) is 15.6. The van der Waals surface area contributed by atoms with Crippen molar-refractivity contribution in [3.63, 3.8) is 0 Å². The molecule has 0 aliphatic heterocycles. The Morgan fingerprint density at radius 2 is 1.63 bits per heavy atom. The molecule has 0 fully saturated rings. The Morgan fingerprint density at radius 1 is 1.04 bits per heavy atom. The summed E-state index contributed by atoms with van der Waals surface area (Å²) in [5.74, 6) is -5.09. The summed E-state index contributed by atoms with van der Waals surface area (Å²) in [6, 6.07) is 6.18. The summed E-state index contributed by atoms with van der Waals surface area (Å²) < 4.78 is 8.18. The van der Waals surface area contributed by atoms with Gasteiger partial charge in [-0.05, 0) is 24.8 Å². The third-order valence-electron chi connectivity index (χ3n) is 4.10. The van der Waals surface area contributed by atoms with E-state index in [0.717, 1.165) is 0 Å². The first-order valence-electron chi connectivity index (χ1n) is 9.12. The van der Waals surface area contributed by atoms with Gasteiger partial charge in [0, 0.05) is 6.42 Å². The average Bonchev–Trinajstić information content (AvgIpc) is 2.63. The molecule has 3 atom stereocenters. The van der Waals surface area contributed by atoms with Crippen molar-refractivity contribution in [2.75, 3.05) is 0 Å². The first-order valence-corrected chi connectivity index (χ1v) is 8.68. The van der Waals surface area contributed by atoms with Crippen LogP contribution in [0.3, 0.4) is 0 Å². The highest BCUT2D eigenvalue weighted by atomic mass is 16.4. The number of carboxylic acid groups (broad SMARTS) is 2. The molecule has 8 heteroatoms. The molecule has 0 aliphatic rings. The Hall–Kier alpha value is -2.90. The van der Waals surface area contributed by atoms with Crippen LogP contribution in [0.1, 0.15) is 45.1 Å². The quantitative estimate of drug-likeness (QED) is 0.485. The van der Waals surface area contributed by atoms with Gasteiger partial charge in [-0.25, -0.2) is 4.79 Å². The fourth-order valence-electron chi connectivity index (χ4n) is 2.43. The summed E-state index contributed by atoms with van der Waals surface area (Å²) >= 11 is 0. The molecule has 2 amide bonds. The number of benzene rings is 1. The van der Waals surface area contributed by atoms with Gasteiger partial charge in [0.1, 0.15) is 12.1 Å². The molecule has 4 N–H and O–H groups in total. The summed E-state index contributed by atoms with van der Waals surface area (Å²) in [6.07, 6.45) is -0.730. The molecule has 148 valence electrons. The highest BCUT2D eigenvalue weighted by Crippen LogP contribution is 2.16. The minimum Gasteiger partial charge on any atom is -0.481 e. The van der Waals surface area contributed by atoms with Crippen LogP contribution in [0.15, 0.2) is 30.3 Å². The van der Waals surface area contributed by atoms with E-state index in [0.29, 0.717) is 10.9 Å². The maximum atomic E-state index is 12.7. The number of hydrogen-bond donors (Lipinski definition) is 4. The van der Waals surface area contributed by atoms with Crippen molar-refractivity contribution in [1.82, 2.24) is 10.6 Å². The predicted molar refractivity (Wildman–Crippen MR) is 98.1 cm³/mol. The van der Waals surface area contributed by atoms with Crippen molar-refractivity contribution in [2.45, 2.75) is 51.6 Å². The van der Waals surface area contributed by atoms with Crippen LogP contribution < -0.4 is 10.6 Å². The first-order chi connectivity index (χ1) is 13.1. The largest absolute Gasteiger partial charge is 0.481 e. The fraction of sp³-hybridized carbons (Fsp3) is 0.474. The molecule has 27 heavy (non-hydrogen) atoms. The van der Waals surface area contributed by atoms with Crippen molar-refractivity contribution in [2.24, 2.45) is 5.92 Å². The Kier molecular flexibility index (Phi) is 7.79. The van der Waals surface area contributed by atoms with Crippen LogP contribution in [0.2, 0.25) is 1.41 Å². The molecular weight excluding hydrogens is 352 g/mol. The smallest absolute Gasteiger partial charge is 0.326 e. The van der Waals surface area contributed by atoms with E-state index in [1.807, 2.05) is 0 Å².